The molecule has 1 aromatic heterocycles. The van der Waals surface area contributed by atoms with E-state index in [0.717, 1.165) is 29.5 Å². The number of rotatable bonds is 9. The predicted molar refractivity (Wildman–Crippen MR) is 76.4 cm³/mol. The Bertz CT molecular complexity index is 357. The number of nitrogens with zero attached hydrogens (tertiary/aromatic N) is 1. The Hall–Kier alpha value is -0.590. The SMILES string of the molecule is CCCNC(C)(CCCSc1nccs1)C(=O)O. The van der Waals surface area contributed by atoms with Crippen LogP contribution in [-0.2, 0) is 4.79 Å². The smallest absolute Gasteiger partial charge is 0.323 e. The molecule has 0 saturated carbocycles. The van der Waals surface area contributed by atoms with Crippen molar-refractivity contribution in [2.45, 2.75) is 43.0 Å². The molecule has 1 atom stereocenters. The summed E-state index contributed by atoms with van der Waals surface area (Å²) in [6.07, 6.45) is 4.23. The minimum Gasteiger partial charge on any atom is -0.480 e. The first kappa shape index (κ1) is 15.5. The molecule has 0 aliphatic heterocycles. The van der Waals surface area contributed by atoms with Gasteiger partial charge in [0.15, 0.2) is 0 Å². The Labute approximate surface area is 116 Å². The summed E-state index contributed by atoms with van der Waals surface area (Å²) in [6, 6.07) is 0. The van der Waals surface area contributed by atoms with Gasteiger partial charge in [-0.3, -0.25) is 4.79 Å². The highest BCUT2D eigenvalue weighted by Gasteiger charge is 2.31. The van der Waals surface area contributed by atoms with E-state index in [2.05, 4.69) is 10.3 Å². The summed E-state index contributed by atoms with van der Waals surface area (Å²) in [5.41, 5.74) is -0.806. The monoisotopic (exact) mass is 288 g/mol. The Balaban J connectivity index is 2.31. The molecule has 0 saturated heterocycles. The summed E-state index contributed by atoms with van der Waals surface area (Å²) < 4.78 is 1.05. The molecule has 4 nitrogen and oxygen atoms in total. The Kier molecular flexibility index (Phi) is 6.67. The minimum atomic E-state index is -0.806. The number of nitrogens with one attached hydrogen (secondary N) is 1. The molecule has 1 aromatic rings. The van der Waals surface area contributed by atoms with Gasteiger partial charge in [-0.05, 0) is 32.7 Å². The van der Waals surface area contributed by atoms with Gasteiger partial charge in [0, 0.05) is 17.3 Å². The molecule has 0 amide bonds. The third-order valence-electron chi connectivity index (χ3n) is 2.69. The number of carbonyl (C=O) groups is 1. The van der Waals surface area contributed by atoms with Gasteiger partial charge in [0.1, 0.15) is 9.88 Å². The van der Waals surface area contributed by atoms with Crippen molar-refractivity contribution in [3.8, 4) is 0 Å². The average Bonchev–Trinajstić information content (AvgIpc) is 2.85. The van der Waals surface area contributed by atoms with Crippen molar-refractivity contribution in [1.29, 1.82) is 0 Å². The normalized spacial score (nSPS) is 14.3. The summed E-state index contributed by atoms with van der Waals surface area (Å²) in [5.74, 6) is 0.139. The zero-order chi connectivity index (χ0) is 13.4. The first-order chi connectivity index (χ1) is 8.58. The van der Waals surface area contributed by atoms with Gasteiger partial charge in [-0.15, -0.1) is 11.3 Å². The number of aromatic nitrogens is 1. The number of thioether (sulfide) groups is 1. The number of thiazole rings is 1. The van der Waals surface area contributed by atoms with Crippen molar-refractivity contribution in [2.75, 3.05) is 12.3 Å². The maximum atomic E-state index is 11.3. The summed E-state index contributed by atoms with van der Waals surface area (Å²) >= 11 is 3.31. The van der Waals surface area contributed by atoms with Crippen LogP contribution in [0.2, 0.25) is 0 Å². The molecule has 18 heavy (non-hydrogen) atoms. The van der Waals surface area contributed by atoms with Crippen LogP contribution < -0.4 is 5.32 Å². The standard InChI is InChI=1S/C12H20N2O2S2/c1-3-6-14-12(2,10(15)16)5-4-8-17-11-13-7-9-18-11/h7,9,14H,3-6,8H2,1-2H3,(H,15,16). The van der Waals surface area contributed by atoms with Crippen LogP contribution in [0.5, 0.6) is 0 Å². The Morgan fingerprint density at radius 1 is 1.67 bits per heavy atom. The van der Waals surface area contributed by atoms with Gasteiger partial charge in [0.05, 0.1) is 0 Å². The van der Waals surface area contributed by atoms with E-state index in [-0.39, 0.29) is 0 Å². The number of hydrogen-bond donors (Lipinski definition) is 2. The van der Waals surface area contributed by atoms with E-state index in [1.165, 1.54) is 0 Å². The summed E-state index contributed by atoms with van der Waals surface area (Å²) in [5, 5.41) is 14.3. The van der Waals surface area contributed by atoms with Crippen molar-refractivity contribution in [3.63, 3.8) is 0 Å². The topological polar surface area (TPSA) is 62.2 Å². The van der Waals surface area contributed by atoms with Crippen LogP contribution in [0.25, 0.3) is 0 Å². The van der Waals surface area contributed by atoms with Gasteiger partial charge in [-0.2, -0.15) is 0 Å². The van der Waals surface area contributed by atoms with E-state index in [1.807, 2.05) is 12.3 Å². The van der Waals surface area contributed by atoms with Crippen LogP contribution in [0.1, 0.15) is 33.1 Å². The quantitative estimate of drug-likeness (QED) is 0.540. The summed E-state index contributed by atoms with van der Waals surface area (Å²) in [7, 11) is 0. The lowest BCUT2D eigenvalue weighted by Crippen LogP contribution is -2.49. The Morgan fingerprint density at radius 2 is 2.44 bits per heavy atom. The molecule has 1 unspecified atom stereocenters. The summed E-state index contributed by atoms with van der Waals surface area (Å²) in [4.78, 5) is 15.5. The maximum Gasteiger partial charge on any atom is 0.323 e. The second-order valence-corrected chi connectivity index (χ2v) is 6.55. The van der Waals surface area contributed by atoms with Crippen molar-refractivity contribution >= 4 is 29.1 Å². The molecule has 0 aromatic carbocycles. The molecular formula is C12H20N2O2S2. The molecule has 1 heterocycles. The van der Waals surface area contributed by atoms with E-state index in [4.69, 9.17) is 0 Å². The van der Waals surface area contributed by atoms with Gasteiger partial charge in [0.2, 0.25) is 0 Å². The van der Waals surface area contributed by atoms with Crippen LogP contribution in [-0.4, -0.2) is 33.9 Å². The molecule has 2 N–H and O–H groups in total. The third-order valence-corrected chi connectivity index (χ3v) is 4.75. The molecular weight excluding hydrogens is 268 g/mol. The number of hydrogen-bond acceptors (Lipinski definition) is 5. The summed E-state index contributed by atoms with van der Waals surface area (Å²) in [6.45, 7) is 4.54. The maximum absolute atomic E-state index is 11.3. The molecule has 0 radical (unpaired) electrons. The predicted octanol–water partition coefficient (Wildman–Crippen LogP) is 2.86. The molecule has 1 rings (SSSR count). The van der Waals surface area contributed by atoms with Crippen molar-refractivity contribution in [3.05, 3.63) is 11.6 Å². The van der Waals surface area contributed by atoms with E-state index < -0.39 is 11.5 Å². The largest absolute Gasteiger partial charge is 0.480 e. The zero-order valence-electron chi connectivity index (χ0n) is 10.8. The van der Waals surface area contributed by atoms with Gasteiger partial charge < -0.3 is 10.4 Å². The highest BCUT2D eigenvalue weighted by atomic mass is 32.2. The zero-order valence-corrected chi connectivity index (χ0v) is 12.4. The van der Waals surface area contributed by atoms with Gasteiger partial charge in [-0.25, -0.2) is 4.98 Å². The fraction of sp³-hybridized carbons (Fsp3) is 0.667. The lowest BCUT2D eigenvalue weighted by atomic mass is 9.96. The number of carboxylic acids is 1. The van der Waals surface area contributed by atoms with Gasteiger partial charge in [-0.1, -0.05) is 18.7 Å². The van der Waals surface area contributed by atoms with Gasteiger partial charge >= 0.3 is 5.97 Å². The van der Waals surface area contributed by atoms with E-state index in [0.29, 0.717) is 6.42 Å². The first-order valence-corrected chi connectivity index (χ1v) is 7.95. The highest BCUT2D eigenvalue weighted by Crippen LogP contribution is 2.23. The van der Waals surface area contributed by atoms with Crippen LogP contribution in [0.3, 0.4) is 0 Å². The second kappa shape index (κ2) is 7.76. The minimum absolute atomic E-state index is 0.640. The molecule has 0 fully saturated rings. The van der Waals surface area contributed by atoms with Crippen LogP contribution in [0, 0.1) is 0 Å². The number of aliphatic carboxylic acids is 1. The van der Waals surface area contributed by atoms with E-state index in [9.17, 15) is 9.90 Å². The molecule has 6 heteroatoms. The second-order valence-electron chi connectivity index (χ2n) is 4.31. The van der Waals surface area contributed by atoms with Crippen molar-refractivity contribution in [1.82, 2.24) is 10.3 Å². The van der Waals surface area contributed by atoms with Crippen LogP contribution in [0.4, 0.5) is 0 Å². The number of carboxylic acid groups (broad SMARTS) is 1. The third kappa shape index (κ3) is 4.96. The fourth-order valence-electron chi connectivity index (χ4n) is 1.54. The highest BCUT2D eigenvalue weighted by molar-refractivity contribution is 8.00. The molecule has 102 valence electrons. The molecule has 0 spiro atoms. The van der Waals surface area contributed by atoms with Gasteiger partial charge in [0.25, 0.3) is 0 Å². The Morgan fingerprint density at radius 3 is 3.00 bits per heavy atom. The van der Waals surface area contributed by atoms with Crippen LogP contribution >= 0.6 is 23.1 Å². The average molecular weight is 288 g/mol. The van der Waals surface area contributed by atoms with Crippen LogP contribution in [0.15, 0.2) is 15.9 Å². The van der Waals surface area contributed by atoms with E-state index in [1.54, 1.807) is 36.2 Å². The van der Waals surface area contributed by atoms with E-state index >= 15 is 0 Å². The molecule has 0 bridgehead atoms. The van der Waals surface area contributed by atoms with Crippen molar-refractivity contribution < 1.29 is 9.90 Å². The molecule has 0 aliphatic rings. The fourth-order valence-corrected chi connectivity index (χ4v) is 3.19. The molecule has 0 aliphatic carbocycles. The first-order valence-electron chi connectivity index (χ1n) is 6.09. The van der Waals surface area contributed by atoms with Crippen molar-refractivity contribution in [2.24, 2.45) is 0 Å². The lowest BCUT2D eigenvalue weighted by molar-refractivity contribution is -0.144. The lowest BCUT2D eigenvalue weighted by Gasteiger charge is -2.26.